The van der Waals surface area contributed by atoms with E-state index in [9.17, 15) is 9.59 Å². The lowest BCUT2D eigenvalue weighted by atomic mass is 10.0. The number of fused-ring (bicyclic) bond motifs is 1. The lowest BCUT2D eigenvalue weighted by Gasteiger charge is -2.05. The first-order valence-electron chi connectivity index (χ1n) is 10.1. The summed E-state index contributed by atoms with van der Waals surface area (Å²) in [6, 6.07) is 22.3. The number of hydrogen-bond donors (Lipinski definition) is 0. The Bertz CT molecular complexity index is 1170. The number of esters is 1. The molecule has 1 heterocycles. The molecule has 0 aliphatic carbocycles. The van der Waals surface area contributed by atoms with Crippen molar-refractivity contribution in [3.63, 3.8) is 0 Å². The minimum atomic E-state index is -0.505. The average molecular weight is 410 g/mol. The van der Waals surface area contributed by atoms with Gasteiger partial charge in [0.2, 0.25) is 5.78 Å². The second kappa shape index (κ2) is 8.84. The van der Waals surface area contributed by atoms with Crippen LogP contribution in [-0.4, -0.2) is 11.8 Å². The Morgan fingerprint density at radius 3 is 2.39 bits per heavy atom. The average Bonchev–Trinajstić information content (AvgIpc) is 3.08. The molecule has 154 valence electrons. The molecule has 4 nitrogen and oxygen atoms in total. The Labute approximate surface area is 181 Å². The maximum Gasteiger partial charge on any atom is 0.336 e. The van der Waals surface area contributed by atoms with E-state index in [0.29, 0.717) is 23.0 Å². The van der Waals surface area contributed by atoms with E-state index < -0.39 is 5.97 Å². The fraction of sp³-hybridized carbons (Fsp3) is 0.111. The number of ether oxygens (including phenoxy) is 2. The second-order valence-corrected chi connectivity index (χ2v) is 7.58. The molecule has 31 heavy (non-hydrogen) atoms. The lowest BCUT2D eigenvalue weighted by Crippen LogP contribution is -2.03. The fourth-order valence-corrected chi connectivity index (χ4v) is 3.24. The number of carbonyl (C=O) groups excluding carboxylic acids is 2. The molecule has 0 atom stereocenters. The van der Waals surface area contributed by atoms with Gasteiger partial charge >= 0.3 is 5.97 Å². The molecular weight excluding hydrogens is 388 g/mol. The zero-order valence-electron chi connectivity index (χ0n) is 17.4. The van der Waals surface area contributed by atoms with Gasteiger partial charge in [-0.1, -0.05) is 68.4 Å². The fourth-order valence-electron chi connectivity index (χ4n) is 3.24. The Morgan fingerprint density at radius 2 is 1.68 bits per heavy atom. The van der Waals surface area contributed by atoms with Crippen molar-refractivity contribution in [3.05, 3.63) is 107 Å². The van der Waals surface area contributed by atoms with Gasteiger partial charge in [0.05, 0.1) is 5.56 Å². The molecule has 0 saturated heterocycles. The third-order valence-corrected chi connectivity index (χ3v) is 4.97. The normalized spacial score (nSPS) is 14.2. The van der Waals surface area contributed by atoms with Crippen molar-refractivity contribution in [2.75, 3.05) is 0 Å². The highest BCUT2D eigenvalue weighted by Crippen LogP contribution is 2.35. The van der Waals surface area contributed by atoms with Gasteiger partial charge in [0, 0.05) is 12.1 Å². The van der Waals surface area contributed by atoms with Crippen LogP contribution in [0.1, 0.15) is 46.8 Å². The summed E-state index contributed by atoms with van der Waals surface area (Å²) in [5, 5.41) is 0. The van der Waals surface area contributed by atoms with Crippen LogP contribution in [0.25, 0.3) is 12.2 Å². The second-order valence-electron chi connectivity index (χ2n) is 7.58. The van der Waals surface area contributed by atoms with Gasteiger partial charge in [0.25, 0.3) is 0 Å². The summed E-state index contributed by atoms with van der Waals surface area (Å²) in [5.74, 6) is 0.696. The largest absolute Gasteiger partial charge is 0.452 e. The molecule has 0 amide bonds. The molecule has 3 aromatic rings. The molecular formula is C27H22O4. The van der Waals surface area contributed by atoms with Gasteiger partial charge < -0.3 is 9.47 Å². The summed E-state index contributed by atoms with van der Waals surface area (Å²) in [5.41, 5.74) is 3.47. The van der Waals surface area contributed by atoms with E-state index in [2.05, 4.69) is 13.8 Å². The minimum absolute atomic E-state index is 0.190. The predicted octanol–water partition coefficient (Wildman–Crippen LogP) is 6.05. The van der Waals surface area contributed by atoms with Crippen molar-refractivity contribution >= 4 is 23.9 Å². The van der Waals surface area contributed by atoms with E-state index in [-0.39, 0.29) is 11.5 Å². The number of hydrogen-bond acceptors (Lipinski definition) is 4. The van der Waals surface area contributed by atoms with Crippen LogP contribution in [-0.2, 0) is 4.79 Å². The van der Waals surface area contributed by atoms with Gasteiger partial charge in [-0.25, -0.2) is 4.79 Å². The van der Waals surface area contributed by atoms with Crippen LogP contribution in [0.2, 0.25) is 0 Å². The predicted molar refractivity (Wildman–Crippen MR) is 121 cm³/mol. The molecule has 0 radical (unpaired) electrons. The highest BCUT2D eigenvalue weighted by Gasteiger charge is 2.28. The maximum absolute atomic E-state index is 12.7. The zero-order valence-corrected chi connectivity index (χ0v) is 17.4. The van der Waals surface area contributed by atoms with Crippen molar-refractivity contribution in [2.45, 2.75) is 19.8 Å². The number of allylic oxidation sites excluding steroid dienone is 1. The van der Waals surface area contributed by atoms with Gasteiger partial charge in [0.15, 0.2) is 5.76 Å². The molecule has 4 rings (SSSR count). The van der Waals surface area contributed by atoms with Crippen LogP contribution in [0.15, 0.2) is 84.6 Å². The smallest absolute Gasteiger partial charge is 0.336 e. The zero-order chi connectivity index (χ0) is 21.8. The van der Waals surface area contributed by atoms with Crippen molar-refractivity contribution < 1.29 is 19.1 Å². The van der Waals surface area contributed by atoms with Crippen LogP contribution in [0.4, 0.5) is 0 Å². The van der Waals surface area contributed by atoms with Gasteiger partial charge in [-0.2, -0.15) is 0 Å². The number of ketones is 1. The van der Waals surface area contributed by atoms with Crippen molar-refractivity contribution in [1.82, 2.24) is 0 Å². The molecule has 1 aliphatic heterocycles. The molecule has 0 spiro atoms. The molecule has 0 aromatic heterocycles. The summed E-state index contributed by atoms with van der Waals surface area (Å²) in [7, 11) is 0. The van der Waals surface area contributed by atoms with Crippen LogP contribution >= 0.6 is 0 Å². The number of carbonyl (C=O) groups is 2. The third kappa shape index (κ3) is 4.81. The van der Waals surface area contributed by atoms with Crippen molar-refractivity contribution in [1.29, 1.82) is 0 Å². The number of Topliss-reactive ketones (excluding diaryl/α,β-unsaturated/α-hetero) is 1. The first-order chi connectivity index (χ1) is 15.0. The quantitative estimate of drug-likeness (QED) is 0.292. The standard InChI is InChI=1S/C27H22O4/c1-18(2)21-11-8-20(9-12-21)16-25-27(29)23-14-13-22(17-24(23)31-25)30-26(28)15-10-19-6-4-3-5-7-19/h3-18H,1-2H3/b15-10+,25-16-. The molecule has 0 saturated carbocycles. The first-order valence-corrected chi connectivity index (χ1v) is 10.1. The van der Waals surface area contributed by atoms with E-state index in [0.717, 1.165) is 11.1 Å². The summed E-state index contributed by atoms with van der Waals surface area (Å²) in [4.78, 5) is 24.8. The Balaban J connectivity index is 1.46. The monoisotopic (exact) mass is 410 g/mol. The Hall–Kier alpha value is -3.92. The lowest BCUT2D eigenvalue weighted by molar-refractivity contribution is -0.128. The highest BCUT2D eigenvalue weighted by atomic mass is 16.5. The number of rotatable bonds is 5. The van der Waals surface area contributed by atoms with Gasteiger partial charge in [0.1, 0.15) is 11.5 Å². The maximum atomic E-state index is 12.7. The van der Waals surface area contributed by atoms with E-state index in [1.807, 2.05) is 54.6 Å². The van der Waals surface area contributed by atoms with Crippen LogP contribution < -0.4 is 9.47 Å². The van der Waals surface area contributed by atoms with E-state index in [1.54, 1.807) is 30.4 Å². The molecule has 3 aromatic carbocycles. The van der Waals surface area contributed by atoms with Crippen LogP contribution in [0, 0.1) is 0 Å². The summed E-state index contributed by atoms with van der Waals surface area (Å²) in [6.45, 7) is 4.27. The van der Waals surface area contributed by atoms with Crippen molar-refractivity contribution in [2.24, 2.45) is 0 Å². The van der Waals surface area contributed by atoms with Gasteiger partial charge in [-0.3, -0.25) is 4.79 Å². The molecule has 0 N–H and O–H groups in total. The summed E-state index contributed by atoms with van der Waals surface area (Å²) < 4.78 is 11.1. The molecule has 1 aliphatic rings. The molecule has 0 bridgehead atoms. The Morgan fingerprint density at radius 1 is 0.935 bits per heavy atom. The van der Waals surface area contributed by atoms with Crippen LogP contribution in [0.3, 0.4) is 0 Å². The molecule has 0 unspecified atom stereocenters. The Kier molecular flexibility index (Phi) is 5.80. The minimum Gasteiger partial charge on any atom is -0.452 e. The first kappa shape index (κ1) is 20.4. The SMILES string of the molecule is CC(C)c1ccc(/C=C2\Oc3cc(OC(=O)/C=C/c4ccccc4)ccc3C2=O)cc1. The van der Waals surface area contributed by atoms with Gasteiger partial charge in [-0.15, -0.1) is 0 Å². The van der Waals surface area contributed by atoms with E-state index >= 15 is 0 Å². The van der Waals surface area contributed by atoms with Crippen LogP contribution in [0.5, 0.6) is 11.5 Å². The van der Waals surface area contributed by atoms with E-state index in [4.69, 9.17) is 9.47 Å². The summed E-state index contributed by atoms with van der Waals surface area (Å²) >= 11 is 0. The summed E-state index contributed by atoms with van der Waals surface area (Å²) in [6.07, 6.45) is 4.77. The number of benzene rings is 3. The highest BCUT2D eigenvalue weighted by molar-refractivity contribution is 6.14. The topological polar surface area (TPSA) is 52.6 Å². The van der Waals surface area contributed by atoms with Gasteiger partial charge in [-0.05, 0) is 46.9 Å². The molecule has 4 heteroatoms. The third-order valence-electron chi connectivity index (χ3n) is 4.97. The van der Waals surface area contributed by atoms with E-state index in [1.165, 1.54) is 11.6 Å². The molecule has 0 fully saturated rings. The van der Waals surface area contributed by atoms with Crippen molar-refractivity contribution in [3.8, 4) is 11.5 Å².